The molecule has 1 aliphatic rings. The monoisotopic (exact) mass is 158 g/mol. The maximum absolute atomic E-state index is 6.91. The van der Waals surface area contributed by atoms with Gasteiger partial charge in [-0.2, -0.15) is 5.11 Å². The van der Waals surface area contributed by atoms with Crippen LogP contribution >= 0.6 is 0 Å². The summed E-state index contributed by atoms with van der Waals surface area (Å²) in [7, 11) is 0. The predicted molar refractivity (Wildman–Crippen MR) is 48.1 cm³/mol. The van der Waals surface area contributed by atoms with Crippen LogP contribution in [0.1, 0.15) is 11.1 Å². The van der Waals surface area contributed by atoms with Crippen molar-refractivity contribution in [3.05, 3.63) is 41.5 Å². The fourth-order valence-electron chi connectivity index (χ4n) is 1.48. The van der Waals surface area contributed by atoms with Crippen molar-refractivity contribution in [2.45, 2.75) is 12.5 Å². The Kier molecular flexibility index (Phi) is 1.74. The first-order valence-corrected chi connectivity index (χ1v) is 4.03. The van der Waals surface area contributed by atoms with Crippen molar-refractivity contribution in [2.24, 2.45) is 5.11 Å². The molecule has 1 aliphatic carbocycles. The Labute approximate surface area is 71.4 Å². The molecule has 2 nitrogen and oxygen atoms in total. The van der Waals surface area contributed by atoms with Crippen molar-refractivity contribution in [2.75, 3.05) is 0 Å². The van der Waals surface area contributed by atoms with E-state index in [1.807, 2.05) is 24.3 Å². The number of rotatable bonds is 1. The van der Waals surface area contributed by atoms with Crippen LogP contribution in [0.15, 0.2) is 35.5 Å². The minimum atomic E-state index is 0.0555. The Bertz CT molecular complexity index is 328. The maximum Gasteiger partial charge on any atom is 0.0929 e. The van der Waals surface area contributed by atoms with Gasteiger partial charge >= 0.3 is 0 Å². The topological polar surface area (TPSA) is 36.2 Å². The molecular formula is C10H10N2. The van der Waals surface area contributed by atoms with Gasteiger partial charge in [0.05, 0.1) is 6.04 Å². The first-order valence-electron chi connectivity index (χ1n) is 4.03. The molecule has 0 spiro atoms. The highest BCUT2D eigenvalue weighted by Crippen LogP contribution is 2.19. The van der Waals surface area contributed by atoms with Crippen LogP contribution in [0.5, 0.6) is 0 Å². The third-order valence-corrected chi connectivity index (χ3v) is 2.15. The van der Waals surface area contributed by atoms with E-state index in [1.165, 1.54) is 11.1 Å². The van der Waals surface area contributed by atoms with Crippen LogP contribution in [-0.4, -0.2) is 6.04 Å². The van der Waals surface area contributed by atoms with E-state index in [-0.39, 0.29) is 6.04 Å². The SMILES string of the molecule is N=NC1C=Cc2ccccc2C1. The summed E-state index contributed by atoms with van der Waals surface area (Å²) in [5.74, 6) is 0. The number of benzene rings is 1. The second kappa shape index (κ2) is 2.89. The number of hydrogen-bond acceptors (Lipinski definition) is 2. The second-order valence-corrected chi connectivity index (χ2v) is 2.96. The Morgan fingerprint density at radius 2 is 2.17 bits per heavy atom. The zero-order valence-electron chi connectivity index (χ0n) is 6.70. The molecule has 1 aromatic rings. The van der Waals surface area contributed by atoms with Gasteiger partial charge in [-0.05, 0) is 11.1 Å². The van der Waals surface area contributed by atoms with E-state index in [9.17, 15) is 0 Å². The first-order chi connectivity index (χ1) is 5.90. The summed E-state index contributed by atoms with van der Waals surface area (Å²) in [4.78, 5) is 0. The molecule has 0 saturated carbocycles. The number of nitrogens with one attached hydrogen (secondary N) is 1. The van der Waals surface area contributed by atoms with Gasteiger partial charge in [0.1, 0.15) is 0 Å². The van der Waals surface area contributed by atoms with E-state index < -0.39 is 0 Å². The van der Waals surface area contributed by atoms with E-state index >= 15 is 0 Å². The summed E-state index contributed by atoms with van der Waals surface area (Å²) in [6, 6.07) is 8.29. The average molecular weight is 158 g/mol. The van der Waals surface area contributed by atoms with Crippen LogP contribution in [0.25, 0.3) is 6.08 Å². The quantitative estimate of drug-likeness (QED) is 0.610. The molecule has 1 atom stereocenters. The molecule has 0 amide bonds. The van der Waals surface area contributed by atoms with Gasteiger partial charge in [0.25, 0.3) is 0 Å². The molecule has 0 fully saturated rings. The van der Waals surface area contributed by atoms with Gasteiger partial charge in [-0.25, -0.2) is 5.53 Å². The van der Waals surface area contributed by atoms with Crippen LogP contribution in [0, 0.1) is 5.53 Å². The highest BCUT2D eigenvalue weighted by atomic mass is 15.0. The molecule has 0 aromatic heterocycles. The van der Waals surface area contributed by atoms with Gasteiger partial charge in [-0.1, -0.05) is 36.4 Å². The Balaban J connectivity index is 2.39. The molecule has 1 unspecified atom stereocenters. The summed E-state index contributed by atoms with van der Waals surface area (Å²) in [6.07, 6.45) is 4.90. The van der Waals surface area contributed by atoms with E-state index in [2.05, 4.69) is 17.2 Å². The molecule has 2 heteroatoms. The van der Waals surface area contributed by atoms with Gasteiger partial charge in [0.15, 0.2) is 0 Å². The van der Waals surface area contributed by atoms with Gasteiger partial charge in [-0.15, -0.1) is 0 Å². The summed E-state index contributed by atoms with van der Waals surface area (Å²) in [5.41, 5.74) is 9.47. The van der Waals surface area contributed by atoms with Crippen molar-refractivity contribution in [1.29, 1.82) is 5.53 Å². The third kappa shape index (κ3) is 1.16. The Morgan fingerprint density at radius 1 is 1.33 bits per heavy atom. The van der Waals surface area contributed by atoms with Crippen LogP contribution in [0.4, 0.5) is 0 Å². The normalized spacial score (nSPS) is 20.2. The maximum atomic E-state index is 6.91. The van der Waals surface area contributed by atoms with Crippen LogP contribution in [0.2, 0.25) is 0 Å². The molecule has 60 valence electrons. The van der Waals surface area contributed by atoms with Gasteiger partial charge in [-0.3, -0.25) is 0 Å². The van der Waals surface area contributed by atoms with E-state index in [0.29, 0.717) is 0 Å². The minimum absolute atomic E-state index is 0.0555. The lowest BCUT2D eigenvalue weighted by Crippen LogP contribution is -2.08. The van der Waals surface area contributed by atoms with Crippen LogP contribution in [0.3, 0.4) is 0 Å². The molecule has 0 saturated heterocycles. The smallest absolute Gasteiger partial charge is 0.0929 e. The van der Waals surface area contributed by atoms with Crippen molar-refractivity contribution < 1.29 is 0 Å². The lowest BCUT2D eigenvalue weighted by Gasteiger charge is -2.13. The minimum Gasteiger partial charge on any atom is -0.209 e. The fraction of sp³-hybridized carbons (Fsp3) is 0.200. The van der Waals surface area contributed by atoms with E-state index in [0.717, 1.165) is 6.42 Å². The Morgan fingerprint density at radius 3 is 3.00 bits per heavy atom. The molecule has 2 rings (SSSR count). The molecule has 1 aromatic carbocycles. The zero-order chi connectivity index (χ0) is 8.39. The lowest BCUT2D eigenvalue weighted by atomic mass is 9.95. The molecule has 0 radical (unpaired) electrons. The van der Waals surface area contributed by atoms with Gasteiger partial charge in [0.2, 0.25) is 0 Å². The molecule has 12 heavy (non-hydrogen) atoms. The average Bonchev–Trinajstić information content (AvgIpc) is 2.17. The Hall–Kier alpha value is -1.44. The zero-order valence-corrected chi connectivity index (χ0v) is 6.70. The first kappa shape index (κ1) is 7.22. The van der Waals surface area contributed by atoms with Gasteiger partial charge < -0.3 is 0 Å². The number of fused-ring (bicyclic) bond motifs is 1. The highest BCUT2D eigenvalue weighted by molar-refractivity contribution is 5.57. The second-order valence-electron chi connectivity index (χ2n) is 2.96. The van der Waals surface area contributed by atoms with Crippen LogP contribution < -0.4 is 0 Å². The number of nitrogens with zero attached hydrogens (tertiary/aromatic N) is 1. The van der Waals surface area contributed by atoms with Crippen molar-refractivity contribution in [3.63, 3.8) is 0 Å². The predicted octanol–water partition coefficient (Wildman–Crippen LogP) is 2.66. The standard InChI is InChI=1S/C10H10N2/c11-12-10-6-5-8-3-1-2-4-9(8)7-10/h1-6,10-11H,7H2. The van der Waals surface area contributed by atoms with Crippen molar-refractivity contribution in [1.82, 2.24) is 0 Å². The van der Waals surface area contributed by atoms with Crippen molar-refractivity contribution in [3.8, 4) is 0 Å². The summed E-state index contributed by atoms with van der Waals surface area (Å²) in [6.45, 7) is 0. The fourth-order valence-corrected chi connectivity index (χ4v) is 1.48. The molecule has 0 bridgehead atoms. The third-order valence-electron chi connectivity index (χ3n) is 2.15. The summed E-state index contributed by atoms with van der Waals surface area (Å²) in [5, 5.41) is 3.51. The van der Waals surface area contributed by atoms with Crippen molar-refractivity contribution >= 4 is 6.08 Å². The molecule has 0 heterocycles. The summed E-state index contributed by atoms with van der Waals surface area (Å²) < 4.78 is 0. The van der Waals surface area contributed by atoms with E-state index in [4.69, 9.17) is 5.53 Å². The molecular weight excluding hydrogens is 148 g/mol. The largest absolute Gasteiger partial charge is 0.209 e. The molecule has 0 aliphatic heterocycles. The highest BCUT2D eigenvalue weighted by Gasteiger charge is 2.10. The molecule has 1 N–H and O–H groups in total. The van der Waals surface area contributed by atoms with E-state index in [1.54, 1.807) is 0 Å². The van der Waals surface area contributed by atoms with Gasteiger partial charge in [0, 0.05) is 6.42 Å². The number of hydrogen-bond donors (Lipinski definition) is 1. The lowest BCUT2D eigenvalue weighted by molar-refractivity contribution is 0.733. The summed E-state index contributed by atoms with van der Waals surface area (Å²) >= 11 is 0. The van der Waals surface area contributed by atoms with Crippen LogP contribution in [-0.2, 0) is 6.42 Å².